The van der Waals surface area contributed by atoms with Crippen molar-refractivity contribution in [2.24, 2.45) is 0 Å². The van der Waals surface area contributed by atoms with Crippen LogP contribution in [0.5, 0.6) is 0 Å². The summed E-state index contributed by atoms with van der Waals surface area (Å²) in [5, 5.41) is 2.71. The van der Waals surface area contributed by atoms with Gasteiger partial charge in [-0.25, -0.2) is 17.1 Å². The van der Waals surface area contributed by atoms with E-state index in [0.29, 0.717) is 31.5 Å². The van der Waals surface area contributed by atoms with E-state index in [-0.39, 0.29) is 11.9 Å². The molecule has 0 saturated heterocycles. The van der Waals surface area contributed by atoms with E-state index in [1.54, 1.807) is 26.0 Å². The van der Waals surface area contributed by atoms with Gasteiger partial charge in [-0.2, -0.15) is 0 Å². The van der Waals surface area contributed by atoms with Gasteiger partial charge in [-0.15, -0.1) is 0 Å². The highest BCUT2D eigenvalue weighted by Gasteiger charge is 2.28. The van der Waals surface area contributed by atoms with E-state index in [9.17, 15) is 17.6 Å². The molecule has 1 amide bonds. The van der Waals surface area contributed by atoms with Gasteiger partial charge in [0.1, 0.15) is 11.6 Å². The van der Waals surface area contributed by atoms with Crippen LogP contribution in [0, 0.1) is 5.82 Å². The summed E-state index contributed by atoms with van der Waals surface area (Å²) in [5.74, 6) is -1.39. The first-order valence-corrected chi connectivity index (χ1v) is 9.04. The van der Waals surface area contributed by atoms with Gasteiger partial charge in [0.2, 0.25) is 15.9 Å². The fraction of sp³-hybridized carbons (Fsp3) is 0.533. The summed E-state index contributed by atoms with van der Waals surface area (Å²) in [6.45, 7) is 4.14. The quantitative estimate of drug-likeness (QED) is 0.862. The summed E-state index contributed by atoms with van der Waals surface area (Å²) >= 11 is 0. The van der Waals surface area contributed by atoms with Crippen molar-refractivity contribution in [1.82, 2.24) is 9.62 Å². The second kappa shape index (κ2) is 6.75. The number of amides is 1. The van der Waals surface area contributed by atoms with Crippen molar-refractivity contribution in [2.45, 2.75) is 32.7 Å². The Bertz CT molecular complexity index is 657. The first-order valence-electron chi connectivity index (χ1n) is 7.43. The smallest absolute Gasteiger partial charge is 0.237 e. The van der Waals surface area contributed by atoms with Crippen LogP contribution < -0.4 is 5.32 Å². The molecule has 22 heavy (non-hydrogen) atoms. The van der Waals surface area contributed by atoms with Crippen molar-refractivity contribution in [3.8, 4) is 0 Å². The number of carbonyl (C=O) groups excluding carboxylic acids is 1. The molecule has 7 heteroatoms. The summed E-state index contributed by atoms with van der Waals surface area (Å²) in [7, 11) is -3.60. The standard InChI is InChI=1S/C15H21FN2O3S/c1-3-18(4-2)22(20,21)10-15(19)17-14-9-8-11-12(14)6-5-7-13(11)16/h5-7,14H,3-4,8-10H2,1-2H3,(H,17,19)/t14-/m1/s1. The molecule has 0 spiro atoms. The largest absolute Gasteiger partial charge is 0.348 e. The maximum absolute atomic E-state index is 13.7. The molecule has 0 unspecified atom stereocenters. The zero-order chi connectivity index (χ0) is 16.3. The first kappa shape index (κ1) is 16.9. The Labute approximate surface area is 130 Å². The van der Waals surface area contributed by atoms with Crippen LogP contribution in [0.3, 0.4) is 0 Å². The molecule has 0 saturated carbocycles. The third-order valence-corrected chi connectivity index (χ3v) is 5.89. The maximum Gasteiger partial charge on any atom is 0.237 e. The van der Waals surface area contributed by atoms with Crippen molar-refractivity contribution in [2.75, 3.05) is 18.8 Å². The molecule has 0 aliphatic heterocycles. The van der Waals surface area contributed by atoms with E-state index < -0.39 is 21.7 Å². The van der Waals surface area contributed by atoms with E-state index in [0.717, 1.165) is 5.56 Å². The maximum atomic E-state index is 13.7. The van der Waals surface area contributed by atoms with Crippen LogP contribution in [0.1, 0.15) is 37.4 Å². The van der Waals surface area contributed by atoms with Crippen LogP contribution >= 0.6 is 0 Å². The number of benzene rings is 1. The topological polar surface area (TPSA) is 66.5 Å². The lowest BCUT2D eigenvalue weighted by Gasteiger charge is -2.19. The molecule has 5 nitrogen and oxygen atoms in total. The number of rotatable bonds is 6. The van der Waals surface area contributed by atoms with Crippen LogP contribution in [0.15, 0.2) is 18.2 Å². The third-order valence-electron chi connectivity index (χ3n) is 3.96. The number of sulfonamides is 1. The van der Waals surface area contributed by atoms with Crippen LogP contribution in [-0.4, -0.2) is 37.5 Å². The molecule has 0 aromatic heterocycles. The number of nitrogens with one attached hydrogen (secondary N) is 1. The Balaban J connectivity index is 2.05. The van der Waals surface area contributed by atoms with Crippen LogP contribution in [0.4, 0.5) is 4.39 Å². The second-order valence-corrected chi connectivity index (χ2v) is 7.28. The Morgan fingerprint density at radius 1 is 1.36 bits per heavy atom. The molecular weight excluding hydrogens is 307 g/mol. The van der Waals surface area contributed by atoms with Gasteiger partial charge in [-0.1, -0.05) is 26.0 Å². The Kier molecular flexibility index (Phi) is 5.18. The van der Waals surface area contributed by atoms with Gasteiger partial charge in [0.15, 0.2) is 0 Å². The number of carbonyl (C=O) groups is 1. The molecule has 0 heterocycles. The summed E-state index contributed by atoms with van der Waals surface area (Å²) in [5.41, 5.74) is 1.35. The average Bonchev–Trinajstić information content (AvgIpc) is 2.83. The SMILES string of the molecule is CCN(CC)S(=O)(=O)CC(=O)N[C@@H]1CCc2c(F)cccc21. The molecule has 1 atom stereocenters. The van der Waals surface area contributed by atoms with Crippen LogP contribution in [-0.2, 0) is 21.2 Å². The van der Waals surface area contributed by atoms with Gasteiger partial charge in [-0.05, 0) is 30.0 Å². The molecule has 1 aromatic carbocycles. The van der Waals surface area contributed by atoms with E-state index in [1.165, 1.54) is 10.4 Å². The average molecular weight is 328 g/mol. The lowest BCUT2D eigenvalue weighted by Crippen LogP contribution is -2.40. The van der Waals surface area contributed by atoms with E-state index >= 15 is 0 Å². The third kappa shape index (κ3) is 3.47. The number of hydrogen-bond acceptors (Lipinski definition) is 3. The molecular formula is C15H21FN2O3S. The molecule has 0 bridgehead atoms. The fourth-order valence-electron chi connectivity index (χ4n) is 2.87. The predicted octanol–water partition coefficient (Wildman–Crippen LogP) is 1.60. The van der Waals surface area contributed by atoms with Gasteiger partial charge >= 0.3 is 0 Å². The minimum atomic E-state index is -3.60. The summed E-state index contributed by atoms with van der Waals surface area (Å²) < 4.78 is 39.1. The van der Waals surface area contributed by atoms with Crippen molar-refractivity contribution < 1.29 is 17.6 Å². The highest BCUT2D eigenvalue weighted by Crippen LogP contribution is 2.32. The summed E-state index contributed by atoms with van der Waals surface area (Å²) in [4.78, 5) is 12.0. The van der Waals surface area contributed by atoms with Crippen molar-refractivity contribution in [1.29, 1.82) is 0 Å². The van der Waals surface area contributed by atoms with E-state index in [1.807, 2.05) is 0 Å². The Hall–Kier alpha value is -1.47. The van der Waals surface area contributed by atoms with E-state index in [4.69, 9.17) is 0 Å². The van der Waals surface area contributed by atoms with Crippen molar-refractivity contribution >= 4 is 15.9 Å². The van der Waals surface area contributed by atoms with Gasteiger partial charge in [0, 0.05) is 13.1 Å². The molecule has 0 fully saturated rings. The van der Waals surface area contributed by atoms with Crippen LogP contribution in [0.25, 0.3) is 0 Å². The number of fused-ring (bicyclic) bond motifs is 1. The minimum Gasteiger partial charge on any atom is -0.348 e. The van der Waals surface area contributed by atoms with Gasteiger partial charge in [0.05, 0.1) is 6.04 Å². The Morgan fingerprint density at radius 3 is 2.68 bits per heavy atom. The molecule has 1 aliphatic carbocycles. The molecule has 1 aliphatic rings. The van der Waals surface area contributed by atoms with Gasteiger partial charge in [-0.3, -0.25) is 4.79 Å². The predicted molar refractivity (Wildman–Crippen MR) is 82.3 cm³/mol. The number of nitrogens with zero attached hydrogens (tertiary/aromatic N) is 1. The highest BCUT2D eigenvalue weighted by atomic mass is 32.2. The molecule has 1 aromatic rings. The van der Waals surface area contributed by atoms with Crippen molar-refractivity contribution in [3.63, 3.8) is 0 Å². The number of hydrogen-bond donors (Lipinski definition) is 1. The van der Waals surface area contributed by atoms with E-state index in [2.05, 4.69) is 5.32 Å². The van der Waals surface area contributed by atoms with Gasteiger partial charge in [0.25, 0.3) is 0 Å². The lowest BCUT2D eigenvalue weighted by atomic mass is 10.1. The number of halogens is 1. The summed E-state index contributed by atoms with van der Waals surface area (Å²) in [6.07, 6.45) is 1.14. The highest BCUT2D eigenvalue weighted by molar-refractivity contribution is 7.89. The van der Waals surface area contributed by atoms with Crippen molar-refractivity contribution in [3.05, 3.63) is 35.1 Å². The molecule has 122 valence electrons. The zero-order valence-corrected chi connectivity index (χ0v) is 13.6. The molecule has 1 N–H and O–H groups in total. The molecule has 0 radical (unpaired) electrons. The second-order valence-electron chi connectivity index (χ2n) is 5.31. The Morgan fingerprint density at radius 2 is 2.05 bits per heavy atom. The molecule has 2 rings (SSSR count). The zero-order valence-electron chi connectivity index (χ0n) is 12.8. The fourth-order valence-corrected chi connectivity index (χ4v) is 4.25. The monoisotopic (exact) mass is 328 g/mol. The first-order chi connectivity index (χ1) is 10.4. The lowest BCUT2D eigenvalue weighted by molar-refractivity contribution is -0.119. The van der Waals surface area contributed by atoms with Crippen LogP contribution in [0.2, 0.25) is 0 Å². The summed E-state index contributed by atoms with van der Waals surface area (Å²) in [6, 6.07) is 4.46. The van der Waals surface area contributed by atoms with Gasteiger partial charge < -0.3 is 5.32 Å². The minimum absolute atomic E-state index is 0.273. The normalized spacial score (nSPS) is 17.5.